The van der Waals surface area contributed by atoms with E-state index in [4.69, 9.17) is 5.11 Å². The molecule has 3 nitrogen and oxygen atoms in total. The molecule has 1 rings (SSSR count). The van der Waals surface area contributed by atoms with E-state index < -0.39 is 6.79 Å². The number of aliphatic hydroxyl groups is 1. The highest BCUT2D eigenvalue weighted by molar-refractivity contribution is 5.69. The number of rotatable bonds is 4. The van der Waals surface area contributed by atoms with Crippen molar-refractivity contribution in [2.45, 2.75) is 12.8 Å². The number of hydrogen-bond acceptors (Lipinski definition) is 3. The van der Waals surface area contributed by atoms with Gasteiger partial charge in [0.2, 0.25) is 0 Å². The van der Waals surface area contributed by atoms with E-state index in [9.17, 15) is 4.79 Å². The predicted octanol–water partition coefficient (Wildman–Crippen LogP) is 1.11. The number of aryl methyl sites for hydroxylation is 1. The van der Waals surface area contributed by atoms with Gasteiger partial charge in [-0.3, -0.25) is 4.79 Å². The molecule has 0 radical (unpaired) electrons. The number of aliphatic hydroxyl groups excluding tert-OH is 1. The Morgan fingerprint density at radius 2 is 2.00 bits per heavy atom. The van der Waals surface area contributed by atoms with Crippen LogP contribution in [0.5, 0.6) is 0 Å². The Morgan fingerprint density at radius 1 is 1.31 bits per heavy atom. The van der Waals surface area contributed by atoms with E-state index in [1.54, 1.807) is 0 Å². The molecule has 70 valence electrons. The van der Waals surface area contributed by atoms with Gasteiger partial charge in [-0.05, 0) is 12.0 Å². The molecule has 0 bridgehead atoms. The van der Waals surface area contributed by atoms with Gasteiger partial charge in [-0.2, -0.15) is 0 Å². The van der Waals surface area contributed by atoms with Crippen LogP contribution in [0.2, 0.25) is 0 Å². The lowest BCUT2D eigenvalue weighted by Crippen LogP contribution is -2.06. The fourth-order valence-electron chi connectivity index (χ4n) is 1.04. The molecule has 0 aliphatic heterocycles. The quantitative estimate of drug-likeness (QED) is 0.557. The minimum Gasteiger partial charge on any atom is -0.439 e. The number of benzene rings is 1. The van der Waals surface area contributed by atoms with Crippen molar-refractivity contribution in [1.82, 2.24) is 0 Å². The van der Waals surface area contributed by atoms with Crippen LogP contribution < -0.4 is 0 Å². The Balaban J connectivity index is 2.31. The van der Waals surface area contributed by atoms with Crippen LogP contribution in [0.4, 0.5) is 0 Å². The first-order valence-electron chi connectivity index (χ1n) is 4.13. The lowest BCUT2D eigenvalue weighted by Gasteiger charge is -2.00. The van der Waals surface area contributed by atoms with E-state index in [2.05, 4.69) is 4.74 Å². The van der Waals surface area contributed by atoms with E-state index >= 15 is 0 Å². The summed E-state index contributed by atoms with van der Waals surface area (Å²) in [5.74, 6) is -0.369. The van der Waals surface area contributed by atoms with Crippen molar-refractivity contribution in [3.05, 3.63) is 35.9 Å². The molecular formula is C10H12O3. The van der Waals surface area contributed by atoms with Crippen LogP contribution in [-0.2, 0) is 16.0 Å². The van der Waals surface area contributed by atoms with Crippen LogP contribution in [0.1, 0.15) is 12.0 Å². The van der Waals surface area contributed by atoms with Crippen molar-refractivity contribution in [3.63, 3.8) is 0 Å². The van der Waals surface area contributed by atoms with E-state index in [1.165, 1.54) is 0 Å². The number of hydrogen-bond donors (Lipinski definition) is 1. The molecule has 1 N–H and O–H groups in total. The number of ether oxygens (including phenoxy) is 1. The SMILES string of the molecule is O=C(CCc1ccccc1)OCO. The average molecular weight is 180 g/mol. The van der Waals surface area contributed by atoms with Gasteiger partial charge in [0.1, 0.15) is 0 Å². The highest BCUT2D eigenvalue weighted by atomic mass is 16.6. The predicted molar refractivity (Wildman–Crippen MR) is 47.9 cm³/mol. The van der Waals surface area contributed by atoms with Crippen molar-refractivity contribution in [1.29, 1.82) is 0 Å². The molecule has 13 heavy (non-hydrogen) atoms. The van der Waals surface area contributed by atoms with Crippen molar-refractivity contribution in [3.8, 4) is 0 Å². The molecular weight excluding hydrogens is 168 g/mol. The van der Waals surface area contributed by atoms with Gasteiger partial charge in [-0.15, -0.1) is 0 Å². The highest BCUT2D eigenvalue weighted by Crippen LogP contribution is 2.02. The summed E-state index contributed by atoms with van der Waals surface area (Å²) in [6.07, 6.45) is 0.963. The van der Waals surface area contributed by atoms with Gasteiger partial charge in [0.25, 0.3) is 0 Å². The third-order valence-corrected chi connectivity index (χ3v) is 1.69. The molecule has 0 fully saturated rings. The molecule has 1 aromatic rings. The largest absolute Gasteiger partial charge is 0.439 e. The summed E-state index contributed by atoms with van der Waals surface area (Å²) in [5.41, 5.74) is 1.09. The molecule has 0 aliphatic rings. The molecule has 0 saturated heterocycles. The third kappa shape index (κ3) is 3.71. The summed E-state index contributed by atoms with van der Waals surface area (Å²) in [6, 6.07) is 9.67. The molecule has 3 heteroatoms. The first-order chi connectivity index (χ1) is 6.33. The topological polar surface area (TPSA) is 46.5 Å². The normalized spacial score (nSPS) is 9.62. The van der Waals surface area contributed by atoms with Gasteiger partial charge in [-0.1, -0.05) is 30.3 Å². The average Bonchev–Trinajstić information content (AvgIpc) is 2.17. The van der Waals surface area contributed by atoms with Crippen LogP contribution in [0, 0.1) is 0 Å². The molecule has 0 atom stereocenters. The first kappa shape index (κ1) is 9.74. The lowest BCUT2D eigenvalue weighted by molar-refractivity contribution is -0.151. The van der Waals surface area contributed by atoms with E-state index in [0.717, 1.165) is 5.56 Å². The Kier molecular flexibility index (Phi) is 3.99. The van der Waals surface area contributed by atoms with Crippen molar-refractivity contribution >= 4 is 5.97 Å². The molecule has 1 aromatic carbocycles. The maximum absolute atomic E-state index is 10.8. The fraction of sp³-hybridized carbons (Fsp3) is 0.300. The zero-order chi connectivity index (χ0) is 9.52. The van der Waals surface area contributed by atoms with Gasteiger partial charge in [0.15, 0.2) is 6.79 Å². The lowest BCUT2D eigenvalue weighted by atomic mass is 10.1. The van der Waals surface area contributed by atoms with E-state index in [-0.39, 0.29) is 5.97 Å². The second-order valence-corrected chi connectivity index (χ2v) is 2.63. The number of carbonyl (C=O) groups is 1. The van der Waals surface area contributed by atoms with Gasteiger partial charge >= 0.3 is 5.97 Å². The summed E-state index contributed by atoms with van der Waals surface area (Å²) in [5, 5.41) is 8.29. The minimum atomic E-state index is -0.534. The van der Waals surface area contributed by atoms with Crippen LogP contribution in [0.25, 0.3) is 0 Å². The molecule has 0 heterocycles. The van der Waals surface area contributed by atoms with E-state index in [1.807, 2.05) is 30.3 Å². The Labute approximate surface area is 77.0 Å². The zero-order valence-corrected chi connectivity index (χ0v) is 7.27. The zero-order valence-electron chi connectivity index (χ0n) is 7.27. The Morgan fingerprint density at radius 3 is 2.62 bits per heavy atom. The number of carbonyl (C=O) groups excluding carboxylic acids is 1. The van der Waals surface area contributed by atoms with Gasteiger partial charge in [0, 0.05) is 6.42 Å². The summed E-state index contributed by atoms with van der Waals surface area (Å²) in [7, 11) is 0. The van der Waals surface area contributed by atoms with Crippen LogP contribution in [0.15, 0.2) is 30.3 Å². The van der Waals surface area contributed by atoms with Gasteiger partial charge in [0.05, 0.1) is 0 Å². The van der Waals surface area contributed by atoms with Gasteiger partial charge in [-0.25, -0.2) is 0 Å². The fourth-order valence-corrected chi connectivity index (χ4v) is 1.04. The molecule has 0 spiro atoms. The Bertz CT molecular complexity index is 256. The molecule has 0 amide bonds. The van der Waals surface area contributed by atoms with Crippen molar-refractivity contribution in [2.75, 3.05) is 6.79 Å². The minimum absolute atomic E-state index is 0.310. The number of esters is 1. The van der Waals surface area contributed by atoms with Crippen molar-refractivity contribution < 1.29 is 14.6 Å². The Hall–Kier alpha value is -1.35. The standard InChI is InChI=1S/C10H12O3/c11-8-13-10(12)7-6-9-4-2-1-3-5-9/h1-5,11H,6-8H2. The smallest absolute Gasteiger partial charge is 0.308 e. The maximum Gasteiger partial charge on any atom is 0.308 e. The van der Waals surface area contributed by atoms with Crippen LogP contribution in [-0.4, -0.2) is 17.9 Å². The second-order valence-electron chi connectivity index (χ2n) is 2.63. The van der Waals surface area contributed by atoms with Crippen LogP contribution >= 0.6 is 0 Å². The monoisotopic (exact) mass is 180 g/mol. The van der Waals surface area contributed by atoms with E-state index in [0.29, 0.717) is 12.8 Å². The molecule has 0 aromatic heterocycles. The second kappa shape index (κ2) is 5.32. The molecule has 0 saturated carbocycles. The highest BCUT2D eigenvalue weighted by Gasteiger charge is 2.01. The molecule has 0 aliphatic carbocycles. The maximum atomic E-state index is 10.8. The summed E-state index contributed by atoms with van der Waals surface area (Å²) < 4.78 is 4.38. The summed E-state index contributed by atoms with van der Waals surface area (Å²) in [6.45, 7) is -0.534. The first-order valence-corrected chi connectivity index (χ1v) is 4.13. The van der Waals surface area contributed by atoms with Crippen LogP contribution in [0.3, 0.4) is 0 Å². The summed E-state index contributed by atoms with van der Waals surface area (Å²) >= 11 is 0. The third-order valence-electron chi connectivity index (χ3n) is 1.69. The summed E-state index contributed by atoms with van der Waals surface area (Å²) in [4.78, 5) is 10.8. The van der Waals surface area contributed by atoms with Gasteiger partial charge < -0.3 is 9.84 Å². The van der Waals surface area contributed by atoms with Crippen molar-refractivity contribution in [2.24, 2.45) is 0 Å². The molecule has 0 unspecified atom stereocenters.